The summed E-state index contributed by atoms with van der Waals surface area (Å²) >= 11 is 0. The topological polar surface area (TPSA) is 57.7 Å². The van der Waals surface area contributed by atoms with Crippen LogP contribution < -0.4 is 4.74 Å². The van der Waals surface area contributed by atoms with Crippen LogP contribution in [0.1, 0.15) is 33.5 Å². The van der Waals surface area contributed by atoms with Gasteiger partial charge in [-0.3, -0.25) is 0 Å². The van der Waals surface area contributed by atoms with Crippen molar-refractivity contribution in [3.8, 4) is 5.75 Å². The lowest BCUT2D eigenvalue weighted by Crippen LogP contribution is -2.20. The van der Waals surface area contributed by atoms with E-state index >= 15 is 0 Å². The first-order valence-electron chi connectivity index (χ1n) is 8.43. The first kappa shape index (κ1) is 17.2. The summed E-state index contributed by atoms with van der Waals surface area (Å²) in [5.41, 5.74) is 2.06. The number of halogens is 1. The number of carbonyl (C=O) groups is 1. The standard InChI is InChI=1S/C21H16FNO4/c22-17-10-15(12-25-20(24)18-8-4-5-9-23-18)19-16(11-17)13-26-21(27-19)14-6-2-1-3-7-14/h1-11,21H,12-13H2/t21-/m1/s1. The van der Waals surface area contributed by atoms with Crippen LogP contribution in [0, 0.1) is 5.82 Å². The maximum atomic E-state index is 14.0. The minimum Gasteiger partial charge on any atom is -0.460 e. The van der Waals surface area contributed by atoms with Crippen molar-refractivity contribution >= 4 is 5.97 Å². The molecule has 0 saturated heterocycles. The third-order valence-electron chi connectivity index (χ3n) is 4.13. The minimum atomic E-state index is -0.602. The molecule has 27 heavy (non-hydrogen) atoms. The Morgan fingerprint density at radius 2 is 1.96 bits per heavy atom. The average Bonchev–Trinajstić information content (AvgIpc) is 2.72. The lowest BCUT2D eigenvalue weighted by atomic mass is 10.1. The number of carbonyl (C=O) groups excluding carboxylic acids is 1. The molecule has 2 heterocycles. The highest BCUT2D eigenvalue weighted by atomic mass is 19.1. The molecule has 0 fully saturated rings. The lowest BCUT2D eigenvalue weighted by Gasteiger charge is -2.28. The first-order valence-corrected chi connectivity index (χ1v) is 8.43. The number of pyridine rings is 1. The predicted molar refractivity (Wildman–Crippen MR) is 94.4 cm³/mol. The van der Waals surface area contributed by atoms with Crippen molar-refractivity contribution in [3.05, 3.63) is 95.1 Å². The molecule has 5 nitrogen and oxygen atoms in total. The Bertz CT molecular complexity index is 947. The molecule has 0 amide bonds. The van der Waals surface area contributed by atoms with E-state index < -0.39 is 18.1 Å². The smallest absolute Gasteiger partial charge is 0.357 e. The molecule has 3 aromatic rings. The third kappa shape index (κ3) is 3.80. The summed E-state index contributed by atoms with van der Waals surface area (Å²) < 4.78 is 30.9. The molecule has 1 atom stereocenters. The van der Waals surface area contributed by atoms with Gasteiger partial charge in [-0.05, 0) is 24.3 Å². The summed E-state index contributed by atoms with van der Waals surface area (Å²) in [5.74, 6) is -0.548. The molecular formula is C21H16FNO4. The Hall–Kier alpha value is -3.25. The Balaban J connectivity index is 1.55. The quantitative estimate of drug-likeness (QED) is 0.649. The zero-order valence-electron chi connectivity index (χ0n) is 14.3. The van der Waals surface area contributed by atoms with Crippen LogP contribution in [0.3, 0.4) is 0 Å². The maximum Gasteiger partial charge on any atom is 0.357 e. The molecule has 136 valence electrons. The Labute approximate surface area is 155 Å². The van der Waals surface area contributed by atoms with Gasteiger partial charge in [-0.25, -0.2) is 14.2 Å². The fourth-order valence-corrected chi connectivity index (χ4v) is 2.86. The van der Waals surface area contributed by atoms with Crippen LogP contribution in [0.2, 0.25) is 0 Å². The Morgan fingerprint density at radius 1 is 1.15 bits per heavy atom. The summed E-state index contributed by atoms with van der Waals surface area (Å²) in [6.07, 6.45) is 0.903. The van der Waals surface area contributed by atoms with Crippen molar-refractivity contribution in [3.63, 3.8) is 0 Å². The zero-order chi connectivity index (χ0) is 18.6. The highest BCUT2D eigenvalue weighted by molar-refractivity contribution is 5.87. The maximum absolute atomic E-state index is 14.0. The number of hydrogen-bond donors (Lipinski definition) is 0. The van der Waals surface area contributed by atoms with Gasteiger partial charge in [0.25, 0.3) is 0 Å². The summed E-state index contributed by atoms with van der Waals surface area (Å²) in [4.78, 5) is 16.1. The number of benzene rings is 2. The van der Waals surface area contributed by atoms with E-state index in [9.17, 15) is 9.18 Å². The van der Waals surface area contributed by atoms with E-state index in [1.807, 2.05) is 30.3 Å². The molecule has 0 radical (unpaired) electrons. The van der Waals surface area contributed by atoms with Crippen LogP contribution in [-0.4, -0.2) is 11.0 Å². The molecule has 1 aliphatic heterocycles. The van der Waals surface area contributed by atoms with Crippen LogP contribution >= 0.6 is 0 Å². The number of rotatable bonds is 4. The molecule has 0 aliphatic carbocycles. The highest BCUT2D eigenvalue weighted by Crippen LogP contribution is 2.36. The largest absolute Gasteiger partial charge is 0.460 e. The minimum absolute atomic E-state index is 0.128. The van der Waals surface area contributed by atoms with Gasteiger partial charge in [0.2, 0.25) is 6.29 Å². The fourth-order valence-electron chi connectivity index (χ4n) is 2.86. The van der Waals surface area contributed by atoms with Gasteiger partial charge in [0.15, 0.2) is 0 Å². The monoisotopic (exact) mass is 365 g/mol. The van der Waals surface area contributed by atoms with Gasteiger partial charge in [-0.1, -0.05) is 36.4 Å². The molecular weight excluding hydrogens is 349 g/mol. The Kier molecular flexibility index (Phi) is 4.80. The van der Waals surface area contributed by atoms with Crippen molar-refractivity contribution in [1.82, 2.24) is 4.98 Å². The van der Waals surface area contributed by atoms with Crippen molar-refractivity contribution < 1.29 is 23.4 Å². The second-order valence-corrected chi connectivity index (χ2v) is 6.02. The van der Waals surface area contributed by atoms with E-state index in [0.717, 1.165) is 5.56 Å². The van der Waals surface area contributed by atoms with Crippen molar-refractivity contribution in [2.24, 2.45) is 0 Å². The number of ether oxygens (including phenoxy) is 3. The Morgan fingerprint density at radius 3 is 2.74 bits per heavy atom. The predicted octanol–water partition coefficient (Wildman–Crippen LogP) is 4.19. The van der Waals surface area contributed by atoms with E-state index in [1.54, 1.807) is 18.2 Å². The number of nitrogens with zero attached hydrogens (tertiary/aromatic N) is 1. The molecule has 6 heteroatoms. The van der Waals surface area contributed by atoms with Gasteiger partial charge >= 0.3 is 5.97 Å². The molecule has 4 rings (SSSR count). The van der Waals surface area contributed by atoms with Gasteiger partial charge in [-0.2, -0.15) is 0 Å². The van der Waals surface area contributed by atoms with E-state index in [2.05, 4.69) is 4.98 Å². The first-order chi connectivity index (χ1) is 13.2. The number of esters is 1. The van der Waals surface area contributed by atoms with E-state index in [4.69, 9.17) is 14.2 Å². The van der Waals surface area contributed by atoms with Crippen LogP contribution in [0.25, 0.3) is 0 Å². The molecule has 0 saturated carbocycles. The van der Waals surface area contributed by atoms with Gasteiger partial charge in [0, 0.05) is 22.9 Å². The number of aromatic nitrogens is 1. The van der Waals surface area contributed by atoms with Crippen molar-refractivity contribution in [2.45, 2.75) is 19.5 Å². The van der Waals surface area contributed by atoms with Gasteiger partial charge in [0.05, 0.1) is 6.61 Å². The third-order valence-corrected chi connectivity index (χ3v) is 4.13. The van der Waals surface area contributed by atoms with Crippen LogP contribution in [0.5, 0.6) is 5.75 Å². The fraction of sp³-hybridized carbons (Fsp3) is 0.143. The molecule has 0 bridgehead atoms. The van der Waals surface area contributed by atoms with Crippen molar-refractivity contribution in [2.75, 3.05) is 0 Å². The average molecular weight is 365 g/mol. The van der Waals surface area contributed by atoms with Crippen LogP contribution in [0.15, 0.2) is 66.9 Å². The summed E-state index contributed by atoms with van der Waals surface area (Å²) in [5, 5.41) is 0. The molecule has 0 N–H and O–H groups in total. The summed E-state index contributed by atoms with van der Waals surface area (Å²) in [6.45, 7) is 0.0743. The summed E-state index contributed by atoms with van der Waals surface area (Å²) in [7, 11) is 0. The molecule has 2 aromatic carbocycles. The number of hydrogen-bond acceptors (Lipinski definition) is 5. The zero-order valence-corrected chi connectivity index (χ0v) is 14.3. The van der Waals surface area contributed by atoms with E-state index in [0.29, 0.717) is 16.9 Å². The van der Waals surface area contributed by atoms with E-state index in [-0.39, 0.29) is 18.9 Å². The summed E-state index contributed by atoms with van der Waals surface area (Å²) in [6, 6.07) is 17.1. The molecule has 1 aliphatic rings. The highest BCUT2D eigenvalue weighted by Gasteiger charge is 2.25. The van der Waals surface area contributed by atoms with Crippen LogP contribution in [0.4, 0.5) is 4.39 Å². The normalized spacial score (nSPS) is 15.5. The second kappa shape index (κ2) is 7.55. The molecule has 1 aromatic heterocycles. The number of fused-ring (bicyclic) bond motifs is 1. The SMILES string of the molecule is O=C(OCc1cc(F)cc2c1O[C@H](c1ccccc1)OC2)c1ccccn1. The van der Waals surface area contributed by atoms with Crippen LogP contribution in [-0.2, 0) is 22.7 Å². The molecule has 0 unspecified atom stereocenters. The second-order valence-electron chi connectivity index (χ2n) is 6.02. The molecule has 0 spiro atoms. The van der Waals surface area contributed by atoms with Gasteiger partial charge < -0.3 is 14.2 Å². The van der Waals surface area contributed by atoms with Gasteiger partial charge in [-0.15, -0.1) is 0 Å². The van der Waals surface area contributed by atoms with E-state index in [1.165, 1.54) is 18.3 Å². The lowest BCUT2D eigenvalue weighted by molar-refractivity contribution is -0.112. The van der Waals surface area contributed by atoms with Crippen molar-refractivity contribution in [1.29, 1.82) is 0 Å². The van der Waals surface area contributed by atoms with Gasteiger partial charge in [0.1, 0.15) is 23.9 Å².